The first kappa shape index (κ1) is 12.4. The van der Waals surface area contributed by atoms with Crippen LogP contribution in [0, 0.1) is 5.41 Å². The molecule has 0 aliphatic rings. The van der Waals surface area contributed by atoms with Crippen LogP contribution >= 0.6 is 0 Å². The predicted molar refractivity (Wildman–Crippen MR) is 60.6 cm³/mol. The fraction of sp³-hybridized carbons (Fsp3) is 0.667. The van der Waals surface area contributed by atoms with Crippen molar-refractivity contribution in [3.63, 3.8) is 0 Å². The van der Waals surface area contributed by atoms with E-state index in [0.717, 1.165) is 12.8 Å². The Balaban J connectivity index is 3.85. The van der Waals surface area contributed by atoms with Crippen molar-refractivity contribution in [2.45, 2.75) is 40.5 Å². The molecule has 76 valence electrons. The zero-order valence-corrected chi connectivity index (χ0v) is 9.48. The largest absolute Gasteiger partial charge is 0.327 e. The number of nitrogens with two attached hydrogens (primary N) is 1. The van der Waals surface area contributed by atoms with Gasteiger partial charge >= 0.3 is 0 Å². The molecule has 0 rings (SSSR count). The molecule has 0 amide bonds. The highest BCUT2D eigenvalue weighted by Gasteiger charge is 2.13. The molecule has 0 aromatic heterocycles. The summed E-state index contributed by atoms with van der Waals surface area (Å²) in [7, 11) is 0. The fourth-order valence-electron chi connectivity index (χ4n) is 0.951. The summed E-state index contributed by atoms with van der Waals surface area (Å²) in [6.45, 7) is 13.4. The van der Waals surface area contributed by atoms with Gasteiger partial charge in [0, 0.05) is 6.54 Å². The molecule has 0 unspecified atom stereocenters. The van der Waals surface area contributed by atoms with Crippen LogP contribution < -0.4 is 5.73 Å². The molecule has 1 nitrogen and oxygen atoms in total. The zero-order valence-electron chi connectivity index (χ0n) is 9.48. The van der Waals surface area contributed by atoms with Gasteiger partial charge in [0.05, 0.1) is 0 Å². The summed E-state index contributed by atoms with van der Waals surface area (Å²) in [6, 6.07) is 0. The second kappa shape index (κ2) is 5.23. The molecule has 13 heavy (non-hydrogen) atoms. The van der Waals surface area contributed by atoms with Crippen molar-refractivity contribution in [3.05, 3.63) is 23.8 Å². The Bertz CT molecular complexity index is 194. The van der Waals surface area contributed by atoms with E-state index in [0.29, 0.717) is 6.54 Å². The summed E-state index contributed by atoms with van der Waals surface area (Å²) in [5.74, 6) is 0. The molecule has 2 N–H and O–H groups in total. The summed E-state index contributed by atoms with van der Waals surface area (Å²) in [5, 5.41) is 0. The molecular weight excluding hydrogens is 158 g/mol. The van der Waals surface area contributed by atoms with Crippen molar-refractivity contribution in [2.24, 2.45) is 11.1 Å². The third-order valence-corrected chi connectivity index (χ3v) is 2.32. The molecule has 0 saturated heterocycles. The first-order valence-corrected chi connectivity index (χ1v) is 4.92. The minimum Gasteiger partial charge on any atom is -0.327 e. The van der Waals surface area contributed by atoms with E-state index in [1.807, 2.05) is 0 Å². The fourth-order valence-corrected chi connectivity index (χ4v) is 0.951. The van der Waals surface area contributed by atoms with E-state index in [-0.39, 0.29) is 5.41 Å². The van der Waals surface area contributed by atoms with Gasteiger partial charge in [0.2, 0.25) is 0 Å². The normalized spacial score (nSPS) is 13.2. The van der Waals surface area contributed by atoms with E-state index in [2.05, 4.69) is 40.3 Å². The zero-order chi connectivity index (χ0) is 10.5. The van der Waals surface area contributed by atoms with Gasteiger partial charge in [0.1, 0.15) is 0 Å². The maximum Gasteiger partial charge on any atom is 0.0134 e. The van der Waals surface area contributed by atoms with Gasteiger partial charge in [-0.25, -0.2) is 0 Å². The predicted octanol–water partition coefficient (Wildman–Crippen LogP) is 3.27. The van der Waals surface area contributed by atoms with E-state index in [4.69, 9.17) is 5.73 Å². The molecule has 0 atom stereocenters. The Hall–Kier alpha value is -0.560. The van der Waals surface area contributed by atoms with Crippen LogP contribution in [0.1, 0.15) is 40.5 Å². The lowest BCUT2D eigenvalue weighted by molar-refractivity contribution is 0.485. The molecule has 0 spiro atoms. The smallest absolute Gasteiger partial charge is 0.0134 e. The van der Waals surface area contributed by atoms with Crippen molar-refractivity contribution in [1.29, 1.82) is 0 Å². The molecule has 0 radical (unpaired) electrons. The van der Waals surface area contributed by atoms with Gasteiger partial charge in [0.25, 0.3) is 0 Å². The summed E-state index contributed by atoms with van der Waals surface area (Å²) < 4.78 is 0. The van der Waals surface area contributed by atoms with Crippen LogP contribution in [0.3, 0.4) is 0 Å². The van der Waals surface area contributed by atoms with Crippen LogP contribution in [-0.2, 0) is 0 Å². The van der Waals surface area contributed by atoms with E-state index in [1.54, 1.807) is 0 Å². The molecule has 0 heterocycles. The Morgan fingerprint density at radius 3 is 2.31 bits per heavy atom. The lowest BCUT2D eigenvalue weighted by Crippen LogP contribution is -2.08. The van der Waals surface area contributed by atoms with Crippen molar-refractivity contribution < 1.29 is 0 Å². The maximum absolute atomic E-state index is 5.48. The lowest BCUT2D eigenvalue weighted by Gasteiger charge is -2.21. The minimum atomic E-state index is 0.241. The standard InChI is InChI=1S/C12H23N/c1-10(9-13)7-6-8-11(2)12(3,4)5/h7H,2,6,8-9,13H2,1,3-5H3/b10-7+. The third-order valence-electron chi connectivity index (χ3n) is 2.32. The van der Waals surface area contributed by atoms with Crippen molar-refractivity contribution in [2.75, 3.05) is 6.54 Å². The molecule has 0 aliphatic heterocycles. The van der Waals surface area contributed by atoms with Crippen LogP contribution in [0.5, 0.6) is 0 Å². The van der Waals surface area contributed by atoms with E-state index in [9.17, 15) is 0 Å². The van der Waals surface area contributed by atoms with E-state index < -0.39 is 0 Å². The quantitative estimate of drug-likeness (QED) is 0.662. The third kappa shape index (κ3) is 5.64. The Kier molecular flexibility index (Phi) is 5.01. The molecule has 0 saturated carbocycles. The van der Waals surface area contributed by atoms with Crippen molar-refractivity contribution in [3.8, 4) is 0 Å². The Morgan fingerprint density at radius 1 is 1.38 bits per heavy atom. The van der Waals surface area contributed by atoms with Gasteiger partial charge in [-0.05, 0) is 25.2 Å². The van der Waals surface area contributed by atoms with Gasteiger partial charge in [-0.1, -0.05) is 44.6 Å². The van der Waals surface area contributed by atoms with Gasteiger partial charge in [0.15, 0.2) is 0 Å². The summed E-state index contributed by atoms with van der Waals surface area (Å²) in [5.41, 5.74) is 8.30. The van der Waals surface area contributed by atoms with Crippen LogP contribution in [-0.4, -0.2) is 6.54 Å². The number of allylic oxidation sites excluding steroid dienone is 2. The first-order chi connectivity index (χ1) is 5.88. The van der Waals surface area contributed by atoms with Crippen molar-refractivity contribution in [1.82, 2.24) is 0 Å². The van der Waals surface area contributed by atoms with Gasteiger partial charge in [-0.2, -0.15) is 0 Å². The number of hydrogen-bond donors (Lipinski definition) is 1. The highest BCUT2D eigenvalue weighted by molar-refractivity contribution is 5.08. The second-order valence-electron chi connectivity index (χ2n) is 4.65. The Morgan fingerprint density at radius 2 is 1.92 bits per heavy atom. The van der Waals surface area contributed by atoms with Crippen molar-refractivity contribution >= 4 is 0 Å². The monoisotopic (exact) mass is 181 g/mol. The van der Waals surface area contributed by atoms with Crippen LogP contribution in [0.4, 0.5) is 0 Å². The highest BCUT2D eigenvalue weighted by Crippen LogP contribution is 2.27. The summed E-state index contributed by atoms with van der Waals surface area (Å²) >= 11 is 0. The second-order valence-corrected chi connectivity index (χ2v) is 4.65. The first-order valence-electron chi connectivity index (χ1n) is 4.92. The van der Waals surface area contributed by atoms with E-state index in [1.165, 1.54) is 11.1 Å². The van der Waals surface area contributed by atoms with E-state index >= 15 is 0 Å². The average Bonchev–Trinajstić information content (AvgIpc) is 2.02. The maximum atomic E-state index is 5.48. The number of rotatable bonds is 4. The van der Waals surface area contributed by atoms with Crippen LogP contribution in [0.25, 0.3) is 0 Å². The molecule has 0 fully saturated rings. The lowest BCUT2D eigenvalue weighted by atomic mass is 9.85. The molecule has 0 aliphatic carbocycles. The van der Waals surface area contributed by atoms with Crippen LogP contribution in [0.2, 0.25) is 0 Å². The SMILES string of the molecule is C=C(CC/C=C(\C)CN)C(C)(C)C. The molecule has 0 aromatic rings. The Labute approximate surface area is 82.7 Å². The van der Waals surface area contributed by atoms with Crippen LogP contribution in [0.15, 0.2) is 23.8 Å². The molecular formula is C12H23N. The molecule has 1 heteroatoms. The van der Waals surface area contributed by atoms with Gasteiger partial charge in [-0.3, -0.25) is 0 Å². The summed E-state index contributed by atoms with van der Waals surface area (Å²) in [4.78, 5) is 0. The average molecular weight is 181 g/mol. The minimum absolute atomic E-state index is 0.241. The topological polar surface area (TPSA) is 26.0 Å². The van der Waals surface area contributed by atoms with Gasteiger partial charge < -0.3 is 5.73 Å². The molecule has 0 bridgehead atoms. The molecule has 0 aromatic carbocycles. The summed E-state index contributed by atoms with van der Waals surface area (Å²) in [6.07, 6.45) is 4.34. The number of hydrogen-bond acceptors (Lipinski definition) is 1. The highest BCUT2D eigenvalue weighted by atomic mass is 14.5. The van der Waals surface area contributed by atoms with Gasteiger partial charge in [-0.15, -0.1) is 0 Å².